The van der Waals surface area contributed by atoms with Crippen LogP contribution in [0.3, 0.4) is 0 Å². The van der Waals surface area contributed by atoms with E-state index in [1.54, 1.807) is 0 Å². The van der Waals surface area contributed by atoms with E-state index >= 15 is 0 Å². The maximum Gasteiger partial charge on any atom is 0.190 e. The normalized spacial score (nSPS) is 9.17. The fraction of sp³-hybridized carbons (Fsp3) is 0. The van der Waals surface area contributed by atoms with E-state index in [1.807, 2.05) is 0 Å². The summed E-state index contributed by atoms with van der Waals surface area (Å²) in [7, 11) is 0. The Hall–Kier alpha value is -0.950. The predicted molar refractivity (Wildman–Crippen MR) is 50.5 cm³/mol. The molecule has 0 bridgehead atoms. The van der Waals surface area contributed by atoms with E-state index < -0.39 is 0 Å². The Bertz CT molecular complexity index is 320. The highest BCUT2D eigenvalue weighted by atomic mass is 35.5. The second-order valence-corrected chi connectivity index (χ2v) is 2.85. The van der Waals surface area contributed by atoms with Crippen LogP contribution < -0.4 is 11.3 Å². The Morgan fingerprint density at radius 2 is 1.83 bits per heavy atom. The molecule has 1 rings (SSSR count). The van der Waals surface area contributed by atoms with Gasteiger partial charge in [0.2, 0.25) is 0 Å². The summed E-state index contributed by atoms with van der Waals surface area (Å²) in [6, 6.07) is 2.99. The fourth-order valence-corrected chi connectivity index (χ4v) is 1.35. The maximum atomic E-state index is 6.72. The van der Waals surface area contributed by atoms with Gasteiger partial charge in [-0.25, -0.2) is 4.85 Å². The van der Waals surface area contributed by atoms with Crippen LogP contribution in [0.15, 0.2) is 12.1 Å². The molecule has 0 saturated carbocycles. The van der Waals surface area contributed by atoms with Crippen LogP contribution in [0.5, 0.6) is 0 Å². The number of hydrogen-bond donors (Lipinski definition) is 2. The molecule has 1 aromatic rings. The summed E-state index contributed by atoms with van der Waals surface area (Å²) in [4.78, 5) is 3.18. The van der Waals surface area contributed by atoms with Crippen molar-refractivity contribution < 1.29 is 0 Å². The Morgan fingerprint density at radius 1 is 1.33 bits per heavy atom. The van der Waals surface area contributed by atoms with Gasteiger partial charge >= 0.3 is 0 Å². The van der Waals surface area contributed by atoms with Gasteiger partial charge in [-0.2, -0.15) is 0 Å². The molecule has 3 nitrogen and oxygen atoms in total. The van der Waals surface area contributed by atoms with Crippen molar-refractivity contribution in [3.05, 3.63) is 33.6 Å². The molecule has 0 radical (unpaired) electrons. The Labute approximate surface area is 79.9 Å². The van der Waals surface area contributed by atoms with Crippen molar-refractivity contribution in [3.8, 4) is 0 Å². The van der Waals surface area contributed by atoms with Gasteiger partial charge in [-0.05, 0) is 12.1 Å². The lowest BCUT2D eigenvalue weighted by atomic mass is 10.3. The lowest BCUT2D eigenvalue weighted by Crippen LogP contribution is -2.07. The molecule has 12 heavy (non-hydrogen) atoms. The van der Waals surface area contributed by atoms with Gasteiger partial charge in [0.15, 0.2) is 5.69 Å². The topological polar surface area (TPSA) is 42.4 Å². The number of hydrogen-bond acceptors (Lipinski definition) is 2. The predicted octanol–water partition coefficient (Wildman–Crippen LogP) is 2.83. The quantitative estimate of drug-likeness (QED) is 0.417. The molecule has 0 heterocycles. The largest absolute Gasteiger partial charge is 0.322 e. The molecule has 0 aromatic heterocycles. The second-order valence-electron chi connectivity index (χ2n) is 2.04. The summed E-state index contributed by atoms with van der Waals surface area (Å²) in [5.74, 6) is 5.15. The van der Waals surface area contributed by atoms with E-state index in [-0.39, 0.29) is 0 Å². The number of halogens is 2. The van der Waals surface area contributed by atoms with Gasteiger partial charge in [0.25, 0.3) is 0 Å². The number of anilines is 1. The van der Waals surface area contributed by atoms with Crippen molar-refractivity contribution in [2.45, 2.75) is 0 Å². The zero-order chi connectivity index (χ0) is 9.14. The molecule has 0 amide bonds. The van der Waals surface area contributed by atoms with Gasteiger partial charge in [-0.15, -0.1) is 0 Å². The van der Waals surface area contributed by atoms with Gasteiger partial charge in [0.1, 0.15) is 0 Å². The number of nitrogens with two attached hydrogens (primary N) is 1. The number of hydrazine groups is 1. The number of nitrogen functional groups attached to an aromatic ring is 1. The van der Waals surface area contributed by atoms with Gasteiger partial charge in [0, 0.05) is 0 Å². The first-order valence-electron chi connectivity index (χ1n) is 3.02. The lowest BCUT2D eigenvalue weighted by molar-refractivity contribution is 1.35. The standard InChI is InChI=1S/C7H5Cl2N3/c1-11-4-2-5(8)7(12-10)6(9)3-4/h2-3,12H,10H2. The Kier molecular flexibility index (Phi) is 2.77. The second kappa shape index (κ2) is 3.63. The van der Waals surface area contributed by atoms with E-state index in [2.05, 4.69) is 10.3 Å². The third-order valence-electron chi connectivity index (χ3n) is 1.30. The first-order chi connectivity index (χ1) is 5.69. The Balaban J connectivity index is 3.30. The minimum atomic E-state index is 0.344. The van der Waals surface area contributed by atoms with Gasteiger partial charge in [-0.1, -0.05) is 23.2 Å². The minimum Gasteiger partial charge on any atom is -0.322 e. The smallest absolute Gasteiger partial charge is 0.190 e. The SMILES string of the molecule is [C-]#[N+]c1cc(Cl)c(NN)c(Cl)c1. The molecule has 5 heteroatoms. The summed E-state index contributed by atoms with van der Waals surface area (Å²) in [6.07, 6.45) is 0. The van der Waals surface area contributed by atoms with E-state index in [9.17, 15) is 0 Å². The molecule has 3 N–H and O–H groups in total. The monoisotopic (exact) mass is 201 g/mol. The van der Waals surface area contributed by atoms with Crippen LogP contribution in [-0.4, -0.2) is 0 Å². The highest BCUT2D eigenvalue weighted by Gasteiger charge is 2.05. The first-order valence-corrected chi connectivity index (χ1v) is 3.77. The molecule has 0 spiro atoms. The zero-order valence-electron chi connectivity index (χ0n) is 5.94. The van der Waals surface area contributed by atoms with Crippen LogP contribution in [0.2, 0.25) is 10.0 Å². The summed E-state index contributed by atoms with van der Waals surface area (Å²) >= 11 is 11.5. The summed E-state index contributed by atoms with van der Waals surface area (Å²) in [6.45, 7) is 6.72. The van der Waals surface area contributed by atoms with Crippen LogP contribution in [0.4, 0.5) is 11.4 Å². The molecule has 62 valence electrons. The minimum absolute atomic E-state index is 0.344. The number of nitrogens with one attached hydrogen (secondary N) is 1. The molecule has 1 aromatic carbocycles. The van der Waals surface area contributed by atoms with Gasteiger partial charge < -0.3 is 5.43 Å². The molecule has 0 saturated heterocycles. The van der Waals surface area contributed by atoms with E-state index in [1.165, 1.54) is 12.1 Å². The first kappa shape index (κ1) is 9.14. The number of nitrogens with zero attached hydrogens (tertiary/aromatic N) is 1. The van der Waals surface area contributed by atoms with Crippen molar-refractivity contribution in [2.24, 2.45) is 5.84 Å². The highest BCUT2D eigenvalue weighted by Crippen LogP contribution is 2.33. The molecule has 0 atom stereocenters. The van der Waals surface area contributed by atoms with E-state index in [0.29, 0.717) is 21.4 Å². The highest BCUT2D eigenvalue weighted by molar-refractivity contribution is 6.39. The van der Waals surface area contributed by atoms with Crippen LogP contribution in [0.25, 0.3) is 4.85 Å². The van der Waals surface area contributed by atoms with Crippen LogP contribution in [-0.2, 0) is 0 Å². The van der Waals surface area contributed by atoms with Crippen LogP contribution in [0.1, 0.15) is 0 Å². The van der Waals surface area contributed by atoms with Crippen molar-refractivity contribution in [3.63, 3.8) is 0 Å². The van der Waals surface area contributed by atoms with Gasteiger partial charge in [0.05, 0.1) is 22.3 Å². The molecular formula is C7H5Cl2N3. The van der Waals surface area contributed by atoms with Crippen molar-refractivity contribution >= 4 is 34.6 Å². The zero-order valence-corrected chi connectivity index (χ0v) is 7.45. The van der Waals surface area contributed by atoms with Crippen molar-refractivity contribution in [2.75, 3.05) is 5.43 Å². The molecule has 0 aliphatic heterocycles. The third kappa shape index (κ3) is 1.62. The van der Waals surface area contributed by atoms with Crippen molar-refractivity contribution in [1.29, 1.82) is 0 Å². The van der Waals surface area contributed by atoms with E-state index in [0.717, 1.165) is 0 Å². The summed E-state index contributed by atoms with van der Waals surface area (Å²) < 4.78 is 0. The van der Waals surface area contributed by atoms with Gasteiger partial charge in [-0.3, -0.25) is 5.84 Å². The molecular weight excluding hydrogens is 197 g/mol. The van der Waals surface area contributed by atoms with Crippen LogP contribution >= 0.6 is 23.2 Å². The third-order valence-corrected chi connectivity index (χ3v) is 1.90. The summed E-state index contributed by atoms with van der Waals surface area (Å²) in [5.41, 5.74) is 3.18. The average Bonchev–Trinajstić information content (AvgIpc) is 2.03. The Morgan fingerprint density at radius 3 is 2.17 bits per heavy atom. The molecule has 0 fully saturated rings. The fourth-order valence-electron chi connectivity index (χ4n) is 0.762. The molecule has 0 aliphatic carbocycles. The number of benzene rings is 1. The number of rotatable bonds is 1. The molecule has 0 aliphatic rings. The lowest BCUT2D eigenvalue weighted by Gasteiger charge is -2.05. The van der Waals surface area contributed by atoms with Crippen LogP contribution in [0, 0.1) is 6.57 Å². The maximum absolute atomic E-state index is 6.72. The van der Waals surface area contributed by atoms with E-state index in [4.69, 9.17) is 35.6 Å². The average molecular weight is 202 g/mol. The molecule has 0 unspecified atom stereocenters. The van der Waals surface area contributed by atoms with Crippen molar-refractivity contribution in [1.82, 2.24) is 0 Å². The summed E-state index contributed by atoms with van der Waals surface area (Å²) in [5, 5.41) is 0.687.